The van der Waals surface area contributed by atoms with Gasteiger partial charge in [-0.1, -0.05) is 13.0 Å². The Labute approximate surface area is 93.3 Å². The number of nitrogens with one attached hydrogen (secondary N) is 2. The van der Waals surface area contributed by atoms with Gasteiger partial charge < -0.3 is 10.6 Å². The third-order valence-electron chi connectivity index (χ3n) is 2.49. The standard InChI is InChI=1S/C12H24N2O/c1-6-8-10(3)13-9-11(15)14-12(4,5)7-2/h6,10,13H,1,7-9H2,2-5H3,(H,14,15). The van der Waals surface area contributed by atoms with Gasteiger partial charge in [0.2, 0.25) is 5.91 Å². The molecule has 0 aliphatic heterocycles. The summed E-state index contributed by atoms with van der Waals surface area (Å²) in [6.45, 7) is 12.2. The lowest BCUT2D eigenvalue weighted by Crippen LogP contribution is -2.47. The first-order valence-electron chi connectivity index (χ1n) is 5.56. The molecule has 0 aromatic heterocycles. The second kappa shape index (κ2) is 6.62. The molecule has 15 heavy (non-hydrogen) atoms. The largest absolute Gasteiger partial charge is 0.350 e. The highest BCUT2D eigenvalue weighted by atomic mass is 16.2. The SMILES string of the molecule is C=CCC(C)NCC(=O)NC(C)(C)CC. The zero-order valence-electron chi connectivity index (χ0n) is 10.4. The van der Waals surface area contributed by atoms with Crippen LogP contribution >= 0.6 is 0 Å². The first-order valence-corrected chi connectivity index (χ1v) is 5.56. The van der Waals surface area contributed by atoms with Gasteiger partial charge in [-0.05, 0) is 33.6 Å². The number of hydrogen-bond donors (Lipinski definition) is 2. The summed E-state index contributed by atoms with van der Waals surface area (Å²) in [5, 5.41) is 6.12. The zero-order valence-corrected chi connectivity index (χ0v) is 10.4. The van der Waals surface area contributed by atoms with Crippen LogP contribution in [0.2, 0.25) is 0 Å². The van der Waals surface area contributed by atoms with Crippen molar-refractivity contribution in [1.82, 2.24) is 10.6 Å². The highest BCUT2D eigenvalue weighted by molar-refractivity contribution is 5.78. The fourth-order valence-electron chi connectivity index (χ4n) is 1.11. The van der Waals surface area contributed by atoms with E-state index in [0.717, 1.165) is 12.8 Å². The molecule has 0 saturated carbocycles. The third kappa shape index (κ3) is 7.14. The summed E-state index contributed by atoms with van der Waals surface area (Å²) in [5.74, 6) is 0.0535. The van der Waals surface area contributed by atoms with Gasteiger partial charge in [0.05, 0.1) is 6.54 Å². The van der Waals surface area contributed by atoms with E-state index >= 15 is 0 Å². The van der Waals surface area contributed by atoms with Crippen LogP contribution in [0.15, 0.2) is 12.7 Å². The van der Waals surface area contributed by atoms with E-state index in [2.05, 4.69) is 24.1 Å². The molecule has 3 heteroatoms. The van der Waals surface area contributed by atoms with Crippen LogP contribution in [0.25, 0.3) is 0 Å². The van der Waals surface area contributed by atoms with Crippen molar-refractivity contribution in [2.75, 3.05) is 6.54 Å². The van der Waals surface area contributed by atoms with E-state index < -0.39 is 0 Å². The molecule has 0 aliphatic rings. The first kappa shape index (κ1) is 14.2. The van der Waals surface area contributed by atoms with Crippen molar-refractivity contribution < 1.29 is 4.79 Å². The summed E-state index contributed by atoms with van der Waals surface area (Å²) >= 11 is 0. The normalized spacial score (nSPS) is 13.3. The summed E-state index contributed by atoms with van der Waals surface area (Å²) < 4.78 is 0. The van der Waals surface area contributed by atoms with E-state index in [4.69, 9.17) is 0 Å². The molecule has 0 aromatic rings. The van der Waals surface area contributed by atoms with Crippen molar-refractivity contribution in [3.63, 3.8) is 0 Å². The minimum Gasteiger partial charge on any atom is -0.350 e. The minimum atomic E-state index is -0.111. The summed E-state index contributed by atoms with van der Waals surface area (Å²) in [4.78, 5) is 11.5. The predicted molar refractivity (Wildman–Crippen MR) is 64.8 cm³/mol. The number of amides is 1. The van der Waals surface area contributed by atoms with Gasteiger partial charge in [0, 0.05) is 11.6 Å². The van der Waals surface area contributed by atoms with Crippen molar-refractivity contribution in [2.24, 2.45) is 0 Å². The second-order valence-electron chi connectivity index (χ2n) is 4.59. The average molecular weight is 212 g/mol. The summed E-state index contributed by atoms with van der Waals surface area (Å²) in [6, 6.07) is 0.304. The molecule has 3 nitrogen and oxygen atoms in total. The molecule has 0 heterocycles. The molecule has 1 amide bonds. The quantitative estimate of drug-likeness (QED) is 0.632. The number of carbonyl (C=O) groups excluding carboxylic acids is 1. The molecule has 0 radical (unpaired) electrons. The Bertz CT molecular complexity index is 212. The van der Waals surface area contributed by atoms with Crippen molar-refractivity contribution in [2.45, 2.75) is 52.1 Å². The maximum atomic E-state index is 11.5. The highest BCUT2D eigenvalue weighted by Crippen LogP contribution is 2.05. The molecular formula is C12H24N2O. The molecule has 0 fully saturated rings. The second-order valence-corrected chi connectivity index (χ2v) is 4.59. The van der Waals surface area contributed by atoms with E-state index in [0.29, 0.717) is 12.6 Å². The summed E-state index contributed by atoms with van der Waals surface area (Å²) in [7, 11) is 0. The van der Waals surface area contributed by atoms with Crippen LogP contribution in [0.1, 0.15) is 40.5 Å². The van der Waals surface area contributed by atoms with Crippen molar-refractivity contribution in [3.05, 3.63) is 12.7 Å². The lowest BCUT2D eigenvalue weighted by atomic mass is 10.0. The third-order valence-corrected chi connectivity index (χ3v) is 2.49. The van der Waals surface area contributed by atoms with E-state index in [1.165, 1.54) is 0 Å². The van der Waals surface area contributed by atoms with Gasteiger partial charge in [0.25, 0.3) is 0 Å². The molecule has 1 atom stereocenters. The first-order chi connectivity index (χ1) is 6.91. The number of rotatable bonds is 7. The number of carbonyl (C=O) groups is 1. The van der Waals surface area contributed by atoms with Gasteiger partial charge in [-0.3, -0.25) is 4.79 Å². The lowest BCUT2D eigenvalue weighted by Gasteiger charge is -2.25. The molecule has 2 N–H and O–H groups in total. The molecular weight excluding hydrogens is 188 g/mol. The highest BCUT2D eigenvalue weighted by Gasteiger charge is 2.17. The van der Waals surface area contributed by atoms with Crippen LogP contribution in [0.5, 0.6) is 0 Å². The van der Waals surface area contributed by atoms with Crippen LogP contribution in [0, 0.1) is 0 Å². The van der Waals surface area contributed by atoms with Gasteiger partial charge in [0.1, 0.15) is 0 Å². The van der Waals surface area contributed by atoms with Crippen molar-refractivity contribution >= 4 is 5.91 Å². The van der Waals surface area contributed by atoms with Crippen LogP contribution in [0.4, 0.5) is 0 Å². The summed E-state index contributed by atoms with van der Waals surface area (Å²) in [5.41, 5.74) is -0.111. The van der Waals surface area contributed by atoms with Gasteiger partial charge in [-0.15, -0.1) is 6.58 Å². The Morgan fingerprint density at radius 3 is 2.60 bits per heavy atom. The summed E-state index contributed by atoms with van der Waals surface area (Å²) in [6.07, 6.45) is 3.66. The Hall–Kier alpha value is -0.830. The smallest absolute Gasteiger partial charge is 0.234 e. The minimum absolute atomic E-state index is 0.0535. The van der Waals surface area contributed by atoms with Crippen LogP contribution in [-0.2, 0) is 4.79 Å². The Kier molecular flexibility index (Phi) is 6.25. The molecule has 0 aromatic carbocycles. The maximum absolute atomic E-state index is 11.5. The monoisotopic (exact) mass is 212 g/mol. The molecule has 0 spiro atoms. The van der Waals surface area contributed by atoms with Crippen LogP contribution in [0.3, 0.4) is 0 Å². The molecule has 0 aliphatic carbocycles. The van der Waals surface area contributed by atoms with E-state index in [1.54, 1.807) is 0 Å². The molecule has 0 rings (SSSR count). The van der Waals surface area contributed by atoms with Crippen molar-refractivity contribution in [3.8, 4) is 0 Å². The topological polar surface area (TPSA) is 41.1 Å². The molecule has 1 unspecified atom stereocenters. The zero-order chi connectivity index (χ0) is 11.9. The molecule has 0 saturated heterocycles. The fraction of sp³-hybridized carbons (Fsp3) is 0.750. The maximum Gasteiger partial charge on any atom is 0.234 e. The Balaban J connectivity index is 3.80. The predicted octanol–water partition coefficient (Wildman–Crippen LogP) is 1.85. The van der Waals surface area contributed by atoms with Crippen LogP contribution in [-0.4, -0.2) is 24.0 Å². The van der Waals surface area contributed by atoms with Crippen molar-refractivity contribution in [1.29, 1.82) is 0 Å². The van der Waals surface area contributed by atoms with Gasteiger partial charge in [-0.2, -0.15) is 0 Å². The lowest BCUT2D eigenvalue weighted by molar-refractivity contribution is -0.121. The van der Waals surface area contributed by atoms with Gasteiger partial charge >= 0.3 is 0 Å². The fourth-order valence-corrected chi connectivity index (χ4v) is 1.11. The average Bonchev–Trinajstić information content (AvgIpc) is 2.15. The Morgan fingerprint density at radius 1 is 1.53 bits per heavy atom. The van der Waals surface area contributed by atoms with Gasteiger partial charge in [-0.25, -0.2) is 0 Å². The van der Waals surface area contributed by atoms with E-state index in [9.17, 15) is 4.79 Å². The number of hydrogen-bond acceptors (Lipinski definition) is 2. The van der Waals surface area contributed by atoms with E-state index in [1.807, 2.05) is 26.8 Å². The molecule has 88 valence electrons. The van der Waals surface area contributed by atoms with E-state index in [-0.39, 0.29) is 11.4 Å². The Morgan fingerprint density at radius 2 is 2.13 bits per heavy atom. The van der Waals surface area contributed by atoms with Gasteiger partial charge in [0.15, 0.2) is 0 Å². The molecule has 0 bridgehead atoms. The van der Waals surface area contributed by atoms with Crippen LogP contribution < -0.4 is 10.6 Å².